The number of Topliss-reactive ketones (excluding diaryl/α,β-unsaturated/α-hetero) is 1. The minimum absolute atomic E-state index is 0.00712. The maximum absolute atomic E-state index is 10.8. The zero-order valence-corrected chi connectivity index (χ0v) is 8.82. The normalized spacial score (nSPS) is 10.0. The maximum atomic E-state index is 10.8. The van der Waals surface area contributed by atoms with Crippen molar-refractivity contribution in [3.8, 4) is 0 Å². The first kappa shape index (κ1) is 13.4. The van der Waals surface area contributed by atoms with Gasteiger partial charge < -0.3 is 9.47 Å². The molecule has 0 bridgehead atoms. The van der Waals surface area contributed by atoms with Crippen LogP contribution in [-0.4, -0.2) is 30.9 Å². The second kappa shape index (κ2) is 7.73. The van der Waals surface area contributed by atoms with Crippen LogP contribution in [0, 0.1) is 0 Å². The van der Waals surface area contributed by atoms with Gasteiger partial charge in [0, 0.05) is 6.08 Å². The first-order valence-electron chi connectivity index (χ1n) is 4.50. The molecule has 0 atom stereocenters. The average molecular weight is 214 g/mol. The lowest BCUT2D eigenvalue weighted by atomic mass is 10.3. The number of ketones is 1. The van der Waals surface area contributed by atoms with Crippen molar-refractivity contribution in [2.45, 2.75) is 20.3 Å². The molecule has 0 aromatic carbocycles. The van der Waals surface area contributed by atoms with E-state index in [-0.39, 0.29) is 25.4 Å². The highest BCUT2D eigenvalue weighted by Crippen LogP contribution is 1.89. The summed E-state index contributed by atoms with van der Waals surface area (Å²) in [6.45, 7) is 2.95. The highest BCUT2D eigenvalue weighted by molar-refractivity contribution is 5.94. The molecule has 0 aliphatic rings. The smallest absolute Gasteiger partial charge is 0.330 e. The van der Waals surface area contributed by atoms with Gasteiger partial charge in [-0.05, 0) is 13.8 Å². The number of carbonyl (C=O) groups is 3. The number of rotatable bonds is 6. The van der Waals surface area contributed by atoms with Gasteiger partial charge in [0.1, 0.15) is 25.4 Å². The van der Waals surface area contributed by atoms with Crippen LogP contribution in [0.4, 0.5) is 0 Å². The van der Waals surface area contributed by atoms with Gasteiger partial charge in [0.05, 0.1) is 0 Å². The molecule has 0 N–H and O–H groups in total. The summed E-state index contributed by atoms with van der Waals surface area (Å²) in [4.78, 5) is 32.1. The SMILES string of the molecule is CC=CC(=O)OCCOC(=O)CC(C)=O. The van der Waals surface area contributed by atoms with Crippen molar-refractivity contribution in [3.63, 3.8) is 0 Å². The fourth-order valence-corrected chi connectivity index (χ4v) is 0.736. The Morgan fingerprint density at radius 3 is 2.27 bits per heavy atom. The number of esters is 2. The van der Waals surface area contributed by atoms with Gasteiger partial charge >= 0.3 is 11.9 Å². The summed E-state index contributed by atoms with van der Waals surface area (Å²) in [5.74, 6) is -1.35. The van der Waals surface area contributed by atoms with E-state index < -0.39 is 11.9 Å². The van der Waals surface area contributed by atoms with Crippen LogP contribution in [0.5, 0.6) is 0 Å². The standard InChI is InChI=1S/C10H14O5/c1-3-4-9(12)14-5-6-15-10(13)7-8(2)11/h3-4H,5-7H2,1-2H3. The second-order valence-electron chi connectivity index (χ2n) is 2.77. The molecule has 5 nitrogen and oxygen atoms in total. The van der Waals surface area contributed by atoms with Crippen molar-refractivity contribution in [3.05, 3.63) is 12.2 Å². The van der Waals surface area contributed by atoms with E-state index in [1.54, 1.807) is 13.0 Å². The number of ether oxygens (including phenoxy) is 2. The van der Waals surface area contributed by atoms with E-state index in [2.05, 4.69) is 9.47 Å². The molecule has 0 spiro atoms. The molecule has 0 amide bonds. The summed E-state index contributed by atoms with van der Waals surface area (Å²) >= 11 is 0. The van der Waals surface area contributed by atoms with E-state index in [1.165, 1.54) is 13.0 Å². The van der Waals surface area contributed by atoms with Gasteiger partial charge in [-0.3, -0.25) is 9.59 Å². The summed E-state index contributed by atoms with van der Waals surface area (Å²) in [6, 6.07) is 0. The minimum atomic E-state index is -0.607. The zero-order chi connectivity index (χ0) is 11.7. The highest BCUT2D eigenvalue weighted by atomic mass is 16.6. The molecule has 0 rings (SSSR count). The van der Waals surface area contributed by atoms with Crippen LogP contribution < -0.4 is 0 Å². The van der Waals surface area contributed by atoms with Crippen LogP contribution >= 0.6 is 0 Å². The Morgan fingerprint density at radius 1 is 1.13 bits per heavy atom. The lowest BCUT2D eigenvalue weighted by Crippen LogP contribution is -2.14. The van der Waals surface area contributed by atoms with Crippen molar-refractivity contribution < 1.29 is 23.9 Å². The summed E-state index contributed by atoms with van der Waals surface area (Å²) < 4.78 is 9.27. The van der Waals surface area contributed by atoms with E-state index in [4.69, 9.17) is 0 Å². The number of hydrogen-bond acceptors (Lipinski definition) is 5. The molecular formula is C10H14O5. The van der Waals surface area contributed by atoms with Crippen LogP contribution in [0.2, 0.25) is 0 Å². The van der Waals surface area contributed by atoms with Gasteiger partial charge in [0.15, 0.2) is 0 Å². The molecular weight excluding hydrogens is 200 g/mol. The molecule has 0 fully saturated rings. The maximum Gasteiger partial charge on any atom is 0.330 e. The summed E-state index contributed by atoms with van der Waals surface area (Å²) in [6.07, 6.45) is 2.56. The summed E-state index contributed by atoms with van der Waals surface area (Å²) in [5.41, 5.74) is 0. The molecule has 0 aliphatic carbocycles. The third-order valence-corrected chi connectivity index (χ3v) is 1.29. The van der Waals surface area contributed by atoms with Gasteiger partial charge in [-0.15, -0.1) is 0 Å². The van der Waals surface area contributed by atoms with Crippen molar-refractivity contribution in [1.29, 1.82) is 0 Å². The second-order valence-corrected chi connectivity index (χ2v) is 2.77. The monoisotopic (exact) mass is 214 g/mol. The van der Waals surface area contributed by atoms with Crippen molar-refractivity contribution in [1.82, 2.24) is 0 Å². The van der Waals surface area contributed by atoms with Crippen molar-refractivity contribution in [2.75, 3.05) is 13.2 Å². The van der Waals surface area contributed by atoms with E-state index in [0.717, 1.165) is 0 Å². The predicted octanol–water partition coefficient (Wildman–Crippen LogP) is 0.628. The Labute approximate surface area is 88.0 Å². The first-order chi connectivity index (χ1) is 7.06. The molecule has 0 unspecified atom stereocenters. The number of allylic oxidation sites excluding steroid dienone is 1. The van der Waals surface area contributed by atoms with Gasteiger partial charge in [0.2, 0.25) is 0 Å². The van der Waals surface area contributed by atoms with E-state index in [0.29, 0.717) is 0 Å². The van der Waals surface area contributed by atoms with Gasteiger partial charge in [-0.25, -0.2) is 4.79 Å². The molecule has 5 heteroatoms. The Hall–Kier alpha value is -1.65. The fraction of sp³-hybridized carbons (Fsp3) is 0.500. The molecule has 15 heavy (non-hydrogen) atoms. The Morgan fingerprint density at radius 2 is 1.73 bits per heavy atom. The largest absolute Gasteiger partial charge is 0.462 e. The van der Waals surface area contributed by atoms with Crippen LogP contribution in [0.25, 0.3) is 0 Å². The van der Waals surface area contributed by atoms with Crippen LogP contribution in [0.15, 0.2) is 12.2 Å². The average Bonchev–Trinajstić information content (AvgIpc) is 2.12. The molecule has 0 aromatic rings. The molecule has 0 aromatic heterocycles. The number of carbonyl (C=O) groups excluding carboxylic acids is 3. The Bertz CT molecular complexity index is 267. The fourth-order valence-electron chi connectivity index (χ4n) is 0.736. The third-order valence-electron chi connectivity index (χ3n) is 1.29. The van der Waals surface area contributed by atoms with E-state index in [1.807, 2.05) is 0 Å². The predicted molar refractivity (Wildman–Crippen MR) is 52.0 cm³/mol. The number of hydrogen-bond donors (Lipinski definition) is 0. The van der Waals surface area contributed by atoms with E-state index >= 15 is 0 Å². The van der Waals surface area contributed by atoms with Gasteiger partial charge in [-0.2, -0.15) is 0 Å². The lowest BCUT2D eigenvalue weighted by molar-refractivity contribution is -0.151. The summed E-state index contributed by atoms with van der Waals surface area (Å²) in [7, 11) is 0. The van der Waals surface area contributed by atoms with Crippen LogP contribution in [-0.2, 0) is 23.9 Å². The van der Waals surface area contributed by atoms with Crippen molar-refractivity contribution in [2.24, 2.45) is 0 Å². The molecule has 0 aliphatic heterocycles. The first-order valence-corrected chi connectivity index (χ1v) is 4.50. The van der Waals surface area contributed by atoms with Crippen LogP contribution in [0.1, 0.15) is 20.3 Å². The van der Waals surface area contributed by atoms with E-state index in [9.17, 15) is 14.4 Å². The Balaban J connectivity index is 3.50. The zero-order valence-electron chi connectivity index (χ0n) is 8.82. The van der Waals surface area contributed by atoms with Crippen molar-refractivity contribution >= 4 is 17.7 Å². The molecule has 0 heterocycles. The van der Waals surface area contributed by atoms with Crippen LogP contribution in [0.3, 0.4) is 0 Å². The highest BCUT2D eigenvalue weighted by Gasteiger charge is 2.06. The Kier molecular flexibility index (Phi) is 6.88. The molecule has 0 saturated heterocycles. The molecule has 0 radical (unpaired) electrons. The van der Waals surface area contributed by atoms with Gasteiger partial charge in [-0.1, -0.05) is 6.08 Å². The topological polar surface area (TPSA) is 69.7 Å². The minimum Gasteiger partial charge on any atom is -0.462 e. The molecule has 0 saturated carbocycles. The third kappa shape index (κ3) is 8.67. The van der Waals surface area contributed by atoms with Gasteiger partial charge in [0.25, 0.3) is 0 Å². The lowest BCUT2D eigenvalue weighted by Gasteiger charge is -2.03. The quantitative estimate of drug-likeness (QED) is 0.281. The molecule has 84 valence electrons. The summed E-state index contributed by atoms with van der Waals surface area (Å²) in [5, 5.41) is 0.